The van der Waals surface area contributed by atoms with Crippen molar-refractivity contribution >= 4 is 29.2 Å². The normalized spacial score (nSPS) is 10.6. The first-order valence-electron chi connectivity index (χ1n) is 6.95. The molecule has 3 rings (SSSR count). The maximum atomic E-state index is 11.8. The minimum absolute atomic E-state index is 0.0302. The number of hydrogen-bond donors (Lipinski definition) is 1. The Morgan fingerprint density at radius 2 is 2.20 bits per heavy atom. The maximum absolute atomic E-state index is 11.8. The van der Waals surface area contributed by atoms with Gasteiger partial charge in [0.05, 0.1) is 10.7 Å². The summed E-state index contributed by atoms with van der Waals surface area (Å²) in [4.78, 5) is 22.1. The third-order valence-corrected chi connectivity index (χ3v) is 3.75. The van der Waals surface area contributed by atoms with E-state index in [0.717, 1.165) is 11.8 Å². The van der Waals surface area contributed by atoms with Crippen LogP contribution >= 0.6 is 11.8 Å². The fraction of sp³-hybridized carbons (Fsp3) is 0.143. The standard InChI is InChI=1S/C14H11N5O5S/c1-8-5-11(18-24-8)15-12(20)7-25-14-17-16-13(23-14)9-3-2-4-10(6-9)19(21)22/h2-6H,7H2,1H3,(H,15,18,20). The van der Waals surface area contributed by atoms with E-state index in [9.17, 15) is 14.9 Å². The van der Waals surface area contributed by atoms with Gasteiger partial charge >= 0.3 is 0 Å². The molecule has 128 valence electrons. The second kappa shape index (κ2) is 7.13. The van der Waals surface area contributed by atoms with Crippen LogP contribution < -0.4 is 5.32 Å². The summed E-state index contributed by atoms with van der Waals surface area (Å²) in [5.74, 6) is 0.766. The molecule has 2 heterocycles. The van der Waals surface area contributed by atoms with Crippen molar-refractivity contribution in [1.29, 1.82) is 0 Å². The van der Waals surface area contributed by atoms with E-state index in [-0.39, 0.29) is 28.5 Å². The van der Waals surface area contributed by atoms with E-state index >= 15 is 0 Å². The van der Waals surface area contributed by atoms with Crippen molar-refractivity contribution in [1.82, 2.24) is 15.4 Å². The Morgan fingerprint density at radius 3 is 2.92 bits per heavy atom. The molecule has 0 aliphatic heterocycles. The maximum Gasteiger partial charge on any atom is 0.277 e. The average Bonchev–Trinajstić information content (AvgIpc) is 3.22. The number of thioether (sulfide) groups is 1. The van der Waals surface area contributed by atoms with Crippen molar-refractivity contribution in [3.63, 3.8) is 0 Å². The molecule has 0 radical (unpaired) electrons. The van der Waals surface area contributed by atoms with Crippen molar-refractivity contribution in [2.75, 3.05) is 11.1 Å². The van der Waals surface area contributed by atoms with E-state index in [2.05, 4.69) is 20.7 Å². The molecular formula is C14H11N5O5S. The number of nitro benzene ring substituents is 1. The third-order valence-electron chi connectivity index (χ3n) is 2.93. The van der Waals surface area contributed by atoms with E-state index in [1.165, 1.54) is 18.2 Å². The van der Waals surface area contributed by atoms with E-state index in [1.54, 1.807) is 19.1 Å². The van der Waals surface area contributed by atoms with E-state index < -0.39 is 4.92 Å². The Hall–Kier alpha value is -3.21. The van der Waals surface area contributed by atoms with Gasteiger partial charge in [-0.2, -0.15) is 0 Å². The predicted octanol–water partition coefficient (Wildman–Crippen LogP) is 2.67. The van der Waals surface area contributed by atoms with Crippen LogP contribution in [0.1, 0.15) is 5.76 Å². The number of amides is 1. The van der Waals surface area contributed by atoms with Crippen LogP contribution in [-0.4, -0.2) is 31.9 Å². The molecule has 1 amide bonds. The molecule has 2 aromatic heterocycles. The first kappa shape index (κ1) is 16.6. The summed E-state index contributed by atoms with van der Waals surface area (Å²) in [7, 11) is 0. The second-order valence-corrected chi connectivity index (χ2v) is 5.77. The SMILES string of the molecule is Cc1cc(NC(=O)CSc2nnc(-c3cccc([N+](=O)[O-])c3)o2)no1. The van der Waals surface area contributed by atoms with Crippen LogP contribution in [0.2, 0.25) is 0 Å². The van der Waals surface area contributed by atoms with Crippen molar-refractivity contribution in [3.8, 4) is 11.5 Å². The first-order chi connectivity index (χ1) is 12.0. The van der Waals surface area contributed by atoms with Crippen LogP contribution in [0.25, 0.3) is 11.5 Å². The van der Waals surface area contributed by atoms with Crippen LogP contribution in [0, 0.1) is 17.0 Å². The summed E-state index contributed by atoms with van der Waals surface area (Å²) in [6, 6.07) is 7.44. The lowest BCUT2D eigenvalue weighted by Crippen LogP contribution is -2.14. The van der Waals surface area contributed by atoms with Crippen molar-refractivity contribution in [2.24, 2.45) is 0 Å². The van der Waals surface area contributed by atoms with Gasteiger partial charge in [0.25, 0.3) is 10.9 Å². The van der Waals surface area contributed by atoms with Gasteiger partial charge in [0.1, 0.15) is 5.76 Å². The van der Waals surface area contributed by atoms with Gasteiger partial charge in [0, 0.05) is 23.8 Å². The number of carbonyl (C=O) groups excluding carboxylic acids is 1. The van der Waals surface area contributed by atoms with Crippen molar-refractivity contribution in [3.05, 3.63) is 46.2 Å². The quantitative estimate of drug-likeness (QED) is 0.399. The molecule has 3 aromatic rings. The lowest BCUT2D eigenvalue weighted by Gasteiger charge is -1.98. The fourth-order valence-corrected chi connectivity index (χ4v) is 2.43. The Labute approximate surface area is 144 Å². The van der Waals surface area contributed by atoms with E-state index in [0.29, 0.717) is 17.1 Å². The van der Waals surface area contributed by atoms with Crippen LogP contribution in [-0.2, 0) is 4.79 Å². The Balaban J connectivity index is 1.61. The van der Waals surface area contributed by atoms with Crippen LogP contribution in [0.3, 0.4) is 0 Å². The van der Waals surface area contributed by atoms with Crippen LogP contribution in [0.15, 0.2) is 44.5 Å². The zero-order valence-corrected chi connectivity index (χ0v) is 13.6. The molecule has 1 aromatic carbocycles. The molecule has 0 atom stereocenters. The van der Waals surface area contributed by atoms with Crippen LogP contribution in [0.4, 0.5) is 11.5 Å². The van der Waals surface area contributed by atoms with Gasteiger partial charge in [-0.05, 0) is 13.0 Å². The number of non-ortho nitro benzene ring substituents is 1. The van der Waals surface area contributed by atoms with Gasteiger partial charge in [-0.1, -0.05) is 23.0 Å². The summed E-state index contributed by atoms with van der Waals surface area (Å²) in [5, 5.41) is 24.8. The molecule has 0 fully saturated rings. The van der Waals surface area contributed by atoms with Gasteiger partial charge in [-0.25, -0.2) is 0 Å². The molecule has 10 nitrogen and oxygen atoms in total. The summed E-state index contributed by atoms with van der Waals surface area (Å²) in [5.41, 5.74) is 0.350. The zero-order chi connectivity index (χ0) is 17.8. The molecule has 0 spiro atoms. The van der Waals surface area contributed by atoms with Crippen LogP contribution in [0.5, 0.6) is 0 Å². The number of rotatable bonds is 6. The second-order valence-electron chi connectivity index (χ2n) is 4.84. The molecule has 25 heavy (non-hydrogen) atoms. The topological polar surface area (TPSA) is 137 Å². The van der Waals surface area contributed by atoms with E-state index in [4.69, 9.17) is 8.94 Å². The van der Waals surface area contributed by atoms with Gasteiger partial charge in [-0.15, -0.1) is 10.2 Å². The van der Waals surface area contributed by atoms with Gasteiger partial charge in [0.2, 0.25) is 11.8 Å². The number of carbonyl (C=O) groups is 1. The average molecular weight is 361 g/mol. The molecule has 0 saturated heterocycles. The van der Waals surface area contributed by atoms with Gasteiger partial charge < -0.3 is 14.3 Å². The summed E-state index contributed by atoms with van der Waals surface area (Å²) in [6.45, 7) is 1.71. The minimum Gasteiger partial charge on any atom is -0.411 e. The number of hydrogen-bond acceptors (Lipinski definition) is 9. The Bertz CT molecular complexity index is 922. The predicted molar refractivity (Wildman–Crippen MR) is 87.0 cm³/mol. The number of aryl methyl sites for hydroxylation is 1. The van der Waals surface area contributed by atoms with Crippen molar-refractivity contribution < 1.29 is 18.7 Å². The largest absolute Gasteiger partial charge is 0.411 e. The highest BCUT2D eigenvalue weighted by atomic mass is 32.2. The summed E-state index contributed by atoms with van der Waals surface area (Å²) < 4.78 is 10.3. The van der Waals surface area contributed by atoms with E-state index in [1.807, 2.05) is 0 Å². The highest BCUT2D eigenvalue weighted by Gasteiger charge is 2.14. The molecule has 1 N–H and O–H groups in total. The smallest absolute Gasteiger partial charge is 0.277 e. The molecular weight excluding hydrogens is 350 g/mol. The Kier molecular flexibility index (Phi) is 4.75. The lowest BCUT2D eigenvalue weighted by molar-refractivity contribution is -0.384. The highest BCUT2D eigenvalue weighted by Crippen LogP contribution is 2.25. The molecule has 0 aliphatic rings. The highest BCUT2D eigenvalue weighted by molar-refractivity contribution is 7.99. The molecule has 0 bridgehead atoms. The molecule has 11 heteroatoms. The lowest BCUT2D eigenvalue weighted by atomic mass is 10.2. The number of aromatic nitrogens is 3. The molecule has 0 saturated carbocycles. The minimum atomic E-state index is -0.508. The zero-order valence-electron chi connectivity index (χ0n) is 12.8. The van der Waals surface area contributed by atoms with Crippen molar-refractivity contribution in [2.45, 2.75) is 12.1 Å². The first-order valence-corrected chi connectivity index (χ1v) is 7.94. The van der Waals surface area contributed by atoms with Gasteiger partial charge in [-0.3, -0.25) is 14.9 Å². The third kappa shape index (κ3) is 4.20. The fourth-order valence-electron chi connectivity index (χ4n) is 1.87. The number of nitrogens with one attached hydrogen (secondary N) is 1. The monoisotopic (exact) mass is 361 g/mol. The Morgan fingerprint density at radius 1 is 1.36 bits per heavy atom. The number of benzene rings is 1. The number of anilines is 1. The summed E-state index contributed by atoms with van der Waals surface area (Å²) >= 11 is 1.04. The molecule has 0 unspecified atom stereocenters. The number of nitro groups is 1. The summed E-state index contributed by atoms with van der Waals surface area (Å²) in [6.07, 6.45) is 0. The number of nitrogens with zero attached hydrogens (tertiary/aromatic N) is 4. The van der Waals surface area contributed by atoms with Gasteiger partial charge in [0.15, 0.2) is 5.82 Å². The molecule has 0 aliphatic carbocycles.